The maximum Gasteiger partial charge on any atom is 0.241 e. The second-order valence-corrected chi connectivity index (χ2v) is 7.76. The molecule has 118 valence electrons. The number of carbonyl (C=O) groups excluding carboxylic acids is 1. The van der Waals surface area contributed by atoms with Crippen molar-refractivity contribution in [2.45, 2.75) is 32.9 Å². The van der Waals surface area contributed by atoms with E-state index in [2.05, 4.69) is 45.2 Å². The van der Waals surface area contributed by atoms with Crippen molar-refractivity contribution in [2.75, 3.05) is 11.9 Å². The van der Waals surface area contributed by atoms with Gasteiger partial charge >= 0.3 is 0 Å². The van der Waals surface area contributed by atoms with Crippen LogP contribution in [-0.4, -0.2) is 23.4 Å². The molecule has 22 heavy (non-hydrogen) atoms. The van der Waals surface area contributed by atoms with Gasteiger partial charge in [-0.2, -0.15) is 0 Å². The van der Waals surface area contributed by atoms with Gasteiger partial charge in [0, 0.05) is 17.1 Å². The molecule has 1 aromatic carbocycles. The van der Waals surface area contributed by atoms with Crippen LogP contribution >= 0.6 is 27.3 Å². The van der Waals surface area contributed by atoms with Gasteiger partial charge < -0.3 is 5.32 Å². The molecule has 1 heterocycles. The maximum atomic E-state index is 12.5. The second-order valence-electron chi connectivity index (χ2n) is 5.21. The molecule has 0 aliphatic carbocycles. The van der Waals surface area contributed by atoms with Gasteiger partial charge in [0.1, 0.15) is 0 Å². The molecule has 2 aromatic rings. The van der Waals surface area contributed by atoms with Gasteiger partial charge in [-0.05, 0) is 60.1 Å². The van der Waals surface area contributed by atoms with Crippen molar-refractivity contribution in [1.82, 2.24) is 4.90 Å². The van der Waals surface area contributed by atoms with Gasteiger partial charge in [0.05, 0.1) is 9.83 Å². The highest BCUT2D eigenvalue weighted by molar-refractivity contribution is 9.11. The summed E-state index contributed by atoms with van der Waals surface area (Å²) in [5, 5.41) is 2.99. The molecule has 0 aliphatic heterocycles. The van der Waals surface area contributed by atoms with Crippen LogP contribution in [0.15, 0.2) is 46.3 Å². The van der Waals surface area contributed by atoms with Crippen LogP contribution in [0.3, 0.4) is 0 Å². The first kappa shape index (κ1) is 17.2. The molecular formula is C17H21BrN2OS. The van der Waals surface area contributed by atoms with Gasteiger partial charge in [0.2, 0.25) is 5.91 Å². The summed E-state index contributed by atoms with van der Waals surface area (Å²) in [7, 11) is 0. The molecule has 0 radical (unpaired) electrons. The lowest BCUT2D eigenvalue weighted by molar-refractivity contribution is -0.121. The highest BCUT2D eigenvalue weighted by Crippen LogP contribution is 2.24. The number of anilines is 1. The predicted octanol–water partition coefficient (Wildman–Crippen LogP) is 4.75. The van der Waals surface area contributed by atoms with Gasteiger partial charge in [-0.25, -0.2) is 0 Å². The number of hydrogen-bond acceptors (Lipinski definition) is 3. The fraction of sp³-hybridized carbons (Fsp3) is 0.353. The number of nitrogens with one attached hydrogen (secondary N) is 1. The van der Waals surface area contributed by atoms with Crippen LogP contribution in [0.4, 0.5) is 5.69 Å². The van der Waals surface area contributed by atoms with Crippen LogP contribution in [-0.2, 0) is 11.3 Å². The van der Waals surface area contributed by atoms with E-state index in [4.69, 9.17) is 0 Å². The van der Waals surface area contributed by atoms with Crippen LogP contribution in [0, 0.1) is 0 Å². The van der Waals surface area contributed by atoms with E-state index in [0.29, 0.717) is 0 Å². The Morgan fingerprint density at radius 1 is 1.27 bits per heavy atom. The average molecular weight is 381 g/mol. The summed E-state index contributed by atoms with van der Waals surface area (Å²) in [5.41, 5.74) is 0.842. The number of amides is 1. The van der Waals surface area contributed by atoms with Crippen molar-refractivity contribution < 1.29 is 4.79 Å². The van der Waals surface area contributed by atoms with Crippen LogP contribution in [0.5, 0.6) is 0 Å². The Bertz CT molecular complexity index is 600. The van der Waals surface area contributed by atoms with Crippen molar-refractivity contribution in [3.05, 3.63) is 51.1 Å². The summed E-state index contributed by atoms with van der Waals surface area (Å²) in [6.07, 6.45) is 1.02. The van der Waals surface area contributed by atoms with Crippen LogP contribution in [0.25, 0.3) is 0 Å². The molecule has 0 spiro atoms. The molecule has 3 nitrogen and oxygen atoms in total. The van der Waals surface area contributed by atoms with Crippen molar-refractivity contribution in [2.24, 2.45) is 0 Å². The summed E-state index contributed by atoms with van der Waals surface area (Å²) in [5.74, 6) is 0.0373. The Labute approximate surface area is 144 Å². The largest absolute Gasteiger partial charge is 0.325 e. The zero-order valence-corrected chi connectivity index (χ0v) is 15.3. The SMILES string of the molecule is CCCN(Cc1ccc(Br)s1)C(C)C(=O)Nc1ccccc1. The molecule has 0 aliphatic rings. The van der Waals surface area contributed by atoms with E-state index in [-0.39, 0.29) is 11.9 Å². The lowest BCUT2D eigenvalue weighted by Crippen LogP contribution is -2.41. The van der Waals surface area contributed by atoms with Crippen molar-refractivity contribution >= 4 is 38.9 Å². The number of benzene rings is 1. The van der Waals surface area contributed by atoms with Crippen molar-refractivity contribution in [3.8, 4) is 0 Å². The van der Waals surface area contributed by atoms with Crippen molar-refractivity contribution in [3.63, 3.8) is 0 Å². The number of carbonyl (C=O) groups is 1. The van der Waals surface area contributed by atoms with Crippen LogP contribution in [0.2, 0.25) is 0 Å². The molecular weight excluding hydrogens is 360 g/mol. The van der Waals surface area contributed by atoms with Gasteiger partial charge in [-0.1, -0.05) is 25.1 Å². The number of para-hydroxylation sites is 1. The zero-order valence-electron chi connectivity index (χ0n) is 12.9. The van der Waals surface area contributed by atoms with Gasteiger partial charge in [0.25, 0.3) is 0 Å². The maximum absolute atomic E-state index is 12.5. The predicted molar refractivity (Wildman–Crippen MR) is 97.3 cm³/mol. The fourth-order valence-electron chi connectivity index (χ4n) is 2.27. The summed E-state index contributed by atoms with van der Waals surface area (Å²) in [6, 6.07) is 13.6. The molecule has 1 amide bonds. The molecule has 0 saturated heterocycles. The minimum atomic E-state index is -0.166. The summed E-state index contributed by atoms with van der Waals surface area (Å²) >= 11 is 5.21. The summed E-state index contributed by atoms with van der Waals surface area (Å²) in [4.78, 5) is 15.9. The number of hydrogen-bond donors (Lipinski definition) is 1. The Morgan fingerprint density at radius 3 is 2.59 bits per heavy atom. The monoisotopic (exact) mass is 380 g/mol. The number of thiophene rings is 1. The van der Waals surface area contributed by atoms with Crippen molar-refractivity contribution in [1.29, 1.82) is 0 Å². The van der Waals surface area contributed by atoms with Crippen LogP contribution in [0.1, 0.15) is 25.1 Å². The average Bonchev–Trinajstić information content (AvgIpc) is 2.92. The lowest BCUT2D eigenvalue weighted by Gasteiger charge is -2.27. The zero-order chi connectivity index (χ0) is 15.9. The molecule has 0 fully saturated rings. The Morgan fingerprint density at radius 2 is 2.00 bits per heavy atom. The second kappa shape index (κ2) is 8.46. The topological polar surface area (TPSA) is 32.3 Å². The first-order valence-corrected chi connectivity index (χ1v) is 9.05. The van der Waals surface area contributed by atoms with E-state index >= 15 is 0 Å². The van der Waals surface area contributed by atoms with E-state index in [1.807, 2.05) is 37.3 Å². The van der Waals surface area contributed by atoms with Gasteiger partial charge in [-0.3, -0.25) is 9.69 Å². The normalized spacial score (nSPS) is 12.4. The van der Waals surface area contributed by atoms with E-state index in [1.54, 1.807) is 11.3 Å². The van der Waals surface area contributed by atoms with E-state index < -0.39 is 0 Å². The lowest BCUT2D eigenvalue weighted by atomic mass is 10.2. The molecule has 0 saturated carbocycles. The Hall–Kier alpha value is -1.17. The number of rotatable bonds is 7. The standard InChI is InChI=1S/C17H21BrN2OS/c1-3-11-20(12-15-9-10-16(18)22-15)13(2)17(21)19-14-7-5-4-6-8-14/h4-10,13H,3,11-12H2,1-2H3,(H,19,21). The summed E-state index contributed by atoms with van der Waals surface area (Å²) < 4.78 is 1.13. The summed E-state index contributed by atoms with van der Waals surface area (Å²) in [6.45, 7) is 5.81. The van der Waals surface area contributed by atoms with Crippen LogP contribution < -0.4 is 5.32 Å². The third kappa shape index (κ3) is 4.93. The first-order chi connectivity index (χ1) is 10.6. The molecule has 5 heteroatoms. The molecule has 1 atom stereocenters. The number of nitrogens with zero attached hydrogens (tertiary/aromatic N) is 1. The van der Waals surface area contributed by atoms with Gasteiger partial charge in [0.15, 0.2) is 0 Å². The molecule has 1 N–H and O–H groups in total. The van der Waals surface area contributed by atoms with E-state index in [9.17, 15) is 4.79 Å². The molecule has 0 bridgehead atoms. The number of halogens is 1. The third-order valence-corrected chi connectivity index (χ3v) is 5.08. The Kier molecular flexibility index (Phi) is 6.61. The molecule has 2 rings (SSSR count). The highest BCUT2D eigenvalue weighted by atomic mass is 79.9. The van der Waals surface area contributed by atoms with E-state index in [0.717, 1.165) is 29.0 Å². The first-order valence-electron chi connectivity index (χ1n) is 7.44. The van der Waals surface area contributed by atoms with E-state index in [1.165, 1.54) is 4.88 Å². The molecule has 1 unspecified atom stereocenters. The quantitative estimate of drug-likeness (QED) is 0.751. The molecule has 1 aromatic heterocycles. The minimum Gasteiger partial charge on any atom is -0.325 e. The third-order valence-electron chi connectivity index (χ3n) is 3.47. The highest BCUT2D eigenvalue weighted by Gasteiger charge is 2.21. The van der Waals surface area contributed by atoms with Gasteiger partial charge in [-0.15, -0.1) is 11.3 Å². The fourth-order valence-corrected chi connectivity index (χ4v) is 3.78. The Balaban J connectivity index is 2.01. The minimum absolute atomic E-state index is 0.0373. The smallest absolute Gasteiger partial charge is 0.241 e.